The van der Waals surface area contributed by atoms with E-state index in [1.807, 2.05) is 19.2 Å². The molecule has 1 fully saturated rings. The first kappa shape index (κ1) is 15.4. The van der Waals surface area contributed by atoms with Crippen molar-refractivity contribution in [2.24, 2.45) is 0 Å². The van der Waals surface area contributed by atoms with Crippen LogP contribution in [0, 0.1) is 0 Å². The van der Waals surface area contributed by atoms with Crippen molar-refractivity contribution < 1.29 is 13.2 Å². The van der Waals surface area contributed by atoms with Crippen LogP contribution < -0.4 is 5.32 Å². The smallest absolute Gasteiger partial charge is 0.243 e. The van der Waals surface area contributed by atoms with Gasteiger partial charge >= 0.3 is 0 Å². The van der Waals surface area contributed by atoms with Crippen LogP contribution in [0.2, 0.25) is 0 Å². The Morgan fingerprint density at radius 3 is 2.65 bits per heavy atom. The van der Waals surface area contributed by atoms with Gasteiger partial charge in [-0.2, -0.15) is 4.31 Å². The van der Waals surface area contributed by atoms with Gasteiger partial charge in [-0.05, 0) is 31.2 Å². The summed E-state index contributed by atoms with van der Waals surface area (Å²) in [5, 5.41) is 3.20. The molecule has 1 aromatic carbocycles. The molecule has 5 nitrogen and oxygen atoms in total. The molecule has 1 atom stereocenters. The third-order valence-electron chi connectivity index (χ3n) is 3.62. The largest absolute Gasteiger partial charge is 0.379 e. The maximum absolute atomic E-state index is 12.6. The number of rotatable bonds is 5. The normalized spacial score (nSPS) is 18.9. The Morgan fingerprint density at radius 2 is 2.05 bits per heavy atom. The second-order valence-corrected chi connectivity index (χ2v) is 6.78. The molecule has 20 heavy (non-hydrogen) atoms. The summed E-state index contributed by atoms with van der Waals surface area (Å²) in [6, 6.07) is 7.38. The van der Waals surface area contributed by atoms with Gasteiger partial charge in [0.2, 0.25) is 10.0 Å². The summed E-state index contributed by atoms with van der Waals surface area (Å²) in [5.41, 5.74) is 1.00. The molecule has 0 aliphatic carbocycles. The lowest BCUT2D eigenvalue weighted by molar-refractivity contribution is 0.0730. The Bertz CT molecular complexity index is 535. The highest BCUT2D eigenvalue weighted by atomic mass is 32.2. The number of nitrogens with zero attached hydrogens (tertiary/aromatic N) is 1. The van der Waals surface area contributed by atoms with E-state index in [4.69, 9.17) is 4.74 Å². The van der Waals surface area contributed by atoms with E-state index in [0.717, 1.165) is 12.0 Å². The third-order valence-corrected chi connectivity index (χ3v) is 5.52. The summed E-state index contributed by atoms with van der Waals surface area (Å²) in [5.74, 6) is 0. The van der Waals surface area contributed by atoms with Gasteiger partial charge in [0.05, 0.1) is 18.1 Å². The van der Waals surface area contributed by atoms with E-state index in [1.165, 1.54) is 4.31 Å². The Kier molecular flexibility index (Phi) is 5.15. The molecule has 0 aromatic heterocycles. The van der Waals surface area contributed by atoms with Gasteiger partial charge in [-0.25, -0.2) is 8.42 Å². The minimum absolute atomic E-state index is 0.176. The highest BCUT2D eigenvalue weighted by Crippen LogP contribution is 2.22. The molecule has 112 valence electrons. The van der Waals surface area contributed by atoms with Gasteiger partial charge in [-0.15, -0.1) is 0 Å². The first-order chi connectivity index (χ1) is 9.59. The minimum atomic E-state index is -3.41. The van der Waals surface area contributed by atoms with Gasteiger partial charge in [-0.3, -0.25) is 0 Å². The van der Waals surface area contributed by atoms with Crippen LogP contribution >= 0.6 is 0 Å². The van der Waals surface area contributed by atoms with Crippen molar-refractivity contribution in [2.75, 3.05) is 33.4 Å². The number of nitrogens with one attached hydrogen (secondary N) is 1. The van der Waals surface area contributed by atoms with Crippen molar-refractivity contribution in [3.05, 3.63) is 29.8 Å². The summed E-state index contributed by atoms with van der Waals surface area (Å²) in [4.78, 5) is 0.366. The zero-order chi connectivity index (χ0) is 14.6. The van der Waals surface area contributed by atoms with E-state index in [1.54, 1.807) is 12.1 Å². The van der Waals surface area contributed by atoms with Crippen molar-refractivity contribution in [2.45, 2.75) is 24.3 Å². The standard InChI is InChI=1S/C14H22N2O3S/c1-3-14(15-2)12-5-4-6-13(11-12)20(17,18)16-7-9-19-10-8-16/h4-6,11,14-15H,3,7-10H2,1-2H3. The fourth-order valence-corrected chi connectivity index (χ4v) is 3.90. The maximum atomic E-state index is 12.6. The van der Waals surface area contributed by atoms with Gasteiger partial charge in [0, 0.05) is 19.1 Å². The molecule has 0 bridgehead atoms. The summed E-state index contributed by atoms with van der Waals surface area (Å²) in [6.07, 6.45) is 0.914. The molecule has 1 aromatic rings. The Balaban J connectivity index is 2.29. The van der Waals surface area contributed by atoms with Crippen molar-refractivity contribution in [3.63, 3.8) is 0 Å². The van der Waals surface area contributed by atoms with E-state index in [0.29, 0.717) is 31.2 Å². The molecule has 1 saturated heterocycles. The van der Waals surface area contributed by atoms with Crippen LogP contribution in [0.3, 0.4) is 0 Å². The molecule has 1 N–H and O–H groups in total. The van der Waals surface area contributed by atoms with E-state index in [2.05, 4.69) is 12.2 Å². The number of hydrogen-bond acceptors (Lipinski definition) is 4. The number of morpholine rings is 1. The molecule has 0 saturated carbocycles. The Hall–Kier alpha value is -0.950. The van der Waals surface area contributed by atoms with Crippen LogP contribution in [-0.4, -0.2) is 46.1 Å². The topological polar surface area (TPSA) is 58.6 Å². The van der Waals surface area contributed by atoms with Crippen LogP contribution in [0.4, 0.5) is 0 Å². The van der Waals surface area contributed by atoms with Crippen molar-refractivity contribution in [1.29, 1.82) is 0 Å². The first-order valence-electron chi connectivity index (χ1n) is 6.94. The van der Waals surface area contributed by atoms with Gasteiger partial charge in [0.1, 0.15) is 0 Å². The van der Waals surface area contributed by atoms with Crippen LogP contribution in [0.15, 0.2) is 29.2 Å². The predicted molar refractivity (Wildman–Crippen MR) is 78.1 cm³/mol. The highest BCUT2D eigenvalue weighted by molar-refractivity contribution is 7.89. The molecular formula is C14H22N2O3S. The average molecular weight is 298 g/mol. The molecule has 0 radical (unpaired) electrons. The molecule has 1 aliphatic heterocycles. The van der Waals surface area contributed by atoms with Gasteiger partial charge in [0.15, 0.2) is 0 Å². The average Bonchev–Trinajstić information content (AvgIpc) is 2.50. The quantitative estimate of drug-likeness (QED) is 0.892. The predicted octanol–water partition coefficient (Wildman–Crippen LogP) is 1.38. The maximum Gasteiger partial charge on any atom is 0.243 e. The summed E-state index contributed by atoms with van der Waals surface area (Å²) >= 11 is 0. The zero-order valence-corrected chi connectivity index (χ0v) is 12.8. The van der Waals surface area contributed by atoms with Crippen LogP contribution in [-0.2, 0) is 14.8 Å². The molecule has 1 heterocycles. The van der Waals surface area contributed by atoms with E-state index in [9.17, 15) is 8.42 Å². The van der Waals surface area contributed by atoms with E-state index >= 15 is 0 Å². The Morgan fingerprint density at radius 1 is 1.35 bits per heavy atom. The van der Waals surface area contributed by atoms with Crippen molar-refractivity contribution in [1.82, 2.24) is 9.62 Å². The Labute approximate surface area is 121 Å². The van der Waals surface area contributed by atoms with Crippen molar-refractivity contribution >= 4 is 10.0 Å². The van der Waals surface area contributed by atoms with Crippen LogP contribution in [0.1, 0.15) is 24.9 Å². The van der Waals surface area contributed by atoms with E-state index < -0.39 is 10.0 Å². The van der Waals surface area contributed by atoms with Crippen LogP contribution in [0.5, 0.6) is 0 Å². The van der Waals surface area contributed by atoms with Crippen LogP contribution in [0.25, 0.3) is 0 Å². The van der Waals surface area contributed by atoms with E-state index in [-0.39, 0.29) is 6.04 Å². The summed E-state index contributed by atoms with van der Waals surface area (Å²) < 4.78 is 31.9. The first-order valence-corrected chi connectivity index (χ1v) is 8.38. The monoisotopic (exact) mass is 298 g/mol. The highest BCUT2D eigenvalue weighted by Gasteiger charge is 2.26. The molecule has 0 amide bonds. The molecule has 1 aliphatic rings. The molecule has 0 spiro atoms. The fourth-order valence-electron chi connectivity index (χ4n) is 2.43. The molecule has 2 rings (SSSR count). The number of sulfonamides is 1. The lowest BCUT2D eigenvalue weighted by Crippen LogP contribution is -2.40. The molecule has 6 heteroatoms. The lowest BCUT2D eigenvalue weighted by Gasteiger charge is -2.26. The second-order valence-electron chi connectivity index (χ2n) is 4.84. The third kappa shape index (κ3) is 3.20. The van der Waals surface area contributed by atoms with Gasteiger partial charge in [0.25, 0.3) is 0 Å². The number of hydrogen-bond donors (Lipinski definition) is 1. The summed E-state index contributed by atoms with van der Waals surface area (Å²) in [6.45, 7) is 3.86. The second kappa shape index (κ2) is 6.67. The lowest BCUT2D eigenvalue weighted by atomic mass is 10.1. The molecular weight excluding hydrogens is 276 g/mol. The number of benzene rings is 1. The zero-order valence-electron chi connectivity index (χ0n) is 12.0. The fraction of sp³-hybridized carbons (Fsp3) is 0.571. The number of ether oxygens (including phenoxy) is 1. The summed E-state index contributed by atoms with van der Waals surface area (Å²) in [7, 11) is -1.52. The van der Waals surface area contributed by atoms with Gasteiger partial charge < -0.3 is 10.1 Å². The van der Waals surface area contributed by atoms with Gasteiger partial charge in [-0.1, -0.05) is 19.1 Å². The minimum Gasteiger partial charge on any atom is -0.379 e. The van der Waals surface area contributed by atoms with Crippen molar-refractivity contribution in [3.8, 4) is 0 Å². The SMILES string of the molecule is CCC(NC)c1cccc(S(=O)(=O)N2CCOCC2)c1. The molecule has 1 unspecified atom stereocenters.